The van der Waals surface area contributed by atoms with Crippen LogP contribution in [0.25, 0.3) is 0 Å². The maximum atomic E-state index is 13.7. The van der Waals surface area contributed by atoms with Crippen molar-refractivity contribution in [1.82, 2.24) is 9.80 Å². The lowest BCUT2D eigenvalue weighted by molar-refractivity contribution is -0.140. The van der Waals surface area contributed by atoms with Crippen molar-refractivity contribution in [3.63, 3.8) is 0 Å². The highest BCUT2D eigenvalue weighted by Crippen LogP contribution is 2.39. The Morgan fingerprint density at radius 2 is 2.08 bits per heavy atom. The standard InChI is InChI=1S/C20H29FN2O3/c1-25-11-10-23-15-20(8-6-19(23)24)7-3-9-22(14-20)13-16-12-17(21)4-5-18(16)26-2/h4-5,12H,3,6-11,13-15H2,1-2H3/t20-/m1/s1. The Labute approximate surface area is 155 Å². The van der Waals surface area contributed by atoms with E-state index in [9.17, 15) is 9.18 Å². The molecule has 26 heavy (non-hydrogen) atoms. The molecule has 0 unspecified atom stereocenters. The van der Waals surface area contributed by atoms with Gasteiger partial charge in [0.1, 0.15) is 11.6 Å². The Balaban J connectivity index is 1.69. The molecule has 0 bridgehead atoms. The number of ether oxygens (including phenoxy) is 2. The molecule has 2 saturated heterocycles. The fourth-order valence-corrected chi connectivity index (χ4v) is 4.40. The molecule has 2 aliphatic rings. The van der Waals surface area contributed by atoms with Crippen molar-refractivity contribution in [3.8, 4) is 5.75 Å². The lowest BCUT2D eigenvalue weighted by atomic mass is 9.73. The zero-order valence-corrected chi connectivity index (χ0v) is 15.8. The van der Waals surface area contributed by atoms with Crippen LogP contribution < -0.4 is 4.74 Å². The summed E-state index contributed by atoms with van der Waals surface area (Å²) >= 11 is 0. The summed E-state index contributed by atoms with van der Waals surface area (Å²) in [5.74, 6) is 0.727. The molecule has 6 heteroatoms. The quantitative estimate of drug-likeness (QED) is 0.778. The second-order valence-corrected chi connectivity index (χ2v) is 7.58. The number of hydrogen-bond donors (Lipinski definition) is 0. The van der Waals surface area contributed by atoms with Gasteiger partial charge in [-0.15, -0.1) is 0 Å². The number of amides is 1. The number of carbonyl (C=O) groups is 1. The molecule has 2 fully saturated rings. The van der Waals surface area contributed by atoms with Gasteiger partial charge < -0.3 is 14.4 Å². The van der Waals surface area contributed by atoms with Crippen molar-refractivity contribution >= 4 is 5.91 Å². The molecule has 0 aromatic heterocycles. The molecule has 0 saturated carbocycles. The molecule has 0 N–H and O–H groups in total. The molecule has 1 aromatic rings. The Hall–Kier alpha value is -1.66. The lowest BCUT2D eigenvalue weighted by Gasteiger charge is -2.48. The Bertz CT molecular complexity index is 639. The minimum absolute atomic E-state index is 0.139. The fourth-order valence-electron chi connectivity index (χ4n) is 4.40. The molecule has 2 heterocycles. The molecule has 144 valence electrons. The van der Waals surface area contributed by atoms with E-state index in [1.807, 2.05) is 4.90 Å². The number of carbonyl (C=O) groups excluding carboxylic acids is 1. The van der Waals surface area contributed by atoms with Crippen LogP contribution in [0.3, 0.4) is 0 Å². The number of hydrogen-bond acceptors (Lipinski definition) is 4. The second kappa shape index (κ2) is 8.35. The first kappa shape index (κ1) is 19.1. The Morgan fingerprint density at radius 3 is 2.85 bits per heavy atom. The largest absolute Gasteiger partial charge is 0.496 e. The molecule has 0 aliphatic carbocycles. The zero-order chi connectivity index (χ0) is 18.6. The summed E-state index contributed by atoms with van der Waals surface area (Å²) in [6, 6.07) is 4.69. The van der Waals surface area contributed by atoms with Gasteiger partial charge in [-0.2, -0.15) is 0 Å². The molecule has 1 amide bonds. The summed E-state index contributed by atoms with van der Waals surface area (Å²) in [4.78, 5) is 16.6. The van der Waals surface area contributed by atoms with Gasteiger partial charge in [-0.25, -0.2) is 4.39 Å². The summed E-state index contributed by atoms with van der Waals surface area (Å²) in [5.41, 5.74) is 1.02. The van der Waals surface area contributed by atoms with Gasteiger partial charge in [0.25, 0.3) is 0 Å². The molecule has 1 aromatic carbocycles. The first-order chi connectivity index (χ1) is 12.5. The van der Waals surface area contributed by atoms with Gasteiger partial charge in [0.15, 0.2) is 0 Å². The number of halogens is 1. The first-order valence-electron chi connectivity index (χ1n) is 9.37. The monoisotopic (exact) mass is 364 g/mol. The average Bonchev–Trinajstić information content (AvgIpc) is 2.63. The average molecular weight is 364 g/mol. The van der Waals surface area contributed by atoms with Crippen LogP contribution in [0.2, 0.25) is 0 Å². The predicted molar refractivity (Wildman–Crippen MR) is 97.6 cm³/mol. The highest BCUT2D eigenvalue weighted by Gasteiger charge is 2.41. The van der Waals surface area contributed by atoms with Crippen LogP contribution in [0.5, 0.6) is 5.75 Å². The third-order valence-electron chi connectivity index (χ3n) is 5.69. The lowest BCUT2D eigenvalue weighted by Crippen LogP contribution is -2.54. The normalized spacial score (nSPS) is 24.3. The second-order valence-electron chi connectivity index (χ2n) is 7.58. The fraction of sp³-hybridized carbons (Fsp3) is 0.650. The number of nitrogens with zero attached hydrogens (tertiary/aromatic N) is 2. The third kappa shape index (κ3) is 4.35. The Morgan fingerprint density at radius 1 is 1.23 bits per heavy atom. The predicted octanol–water partition coefficient (Wildman–Crippen LogP) is 2.69. The molecule has 0 radical (unpaired) electrons. The summed E-state index contributed by atoms with van der Waals surface area (Å²) in [6.07, 6.45) is 3.79. The van der Waals surface area contributed by atoms with E-state index in [1.165, 1.54) is 6.07 Å². The molecular weight excluding hydrogens is 335 g/mol. The van der Waals surface area contributed by atoms with Crippen LogP contribution in [0.1, 0.15) is 31.2 Å². The number of benzene rings is 1. The SMILES string of the molecule is COCCN1C[C@]2(CCCN(Cc3cc(F)ccc3OC)C2)CCC1=O. The van der Waals surface area contributed by atoms with Crippen LogP contribution in [0.4, 0.5) is 4.39 Å². The summed E-state index contributed by atoms with van der Waals surface area (Å²) in [6.45, 7) is 4.64. The van der Waals surface area contributed by atoms with E-state index in [-0.39, 0.29) is 17.1 Å². The molecule has 1 spiro atoms. The van der Waals surface area contributed by atoms with E-state index in [2.05, 4.69) is 4.90 Å². The van der Waals surface area contributed by atoms with Gasteiger partial charge in [-0.3, -0.25) is 9.69 Å². The van der Waals surface area contributed by atoms with E-state index in [1.54, 1.807) is 26.4 Å². The number of piperidine rings is 2. The maximum absolute atomic E-state index is 13.7. The van der Waals surface area contributed by atoms with E-state index in [0.29, 0.717) is 26.1 Å². The van der Waals surface area contributed by atoms with Crippen LogP contribution in [0, 0.1) is 11.2 Å². The minimum Gasteiger partial charge on any atom is -0.496 e. The first-order valence-corrected chi connectivity index (χ1v) is 9.37. The molecule has 2 aliphatic heterocycles. The summed E-state index contributed by atoms with van der Waals surface area (Å²) in [5, 5.41) is 0. The van der Waals surface area contributed by atoms with Gasteiger partial charge in [0, 0.05) is 50.7 Å². The topological polar surface area (TPSA) is 42.0 Å². The van der Waals surface area contributed by atoms with Crippen LogP contribution in [-0.4, -0.2) is 62.7 Å². The van der Waals surface area contributed by atoms with Gasteiger partial charge in [-0.05, 0) is 44.0 Å². The summed E-state index contributed by atoms with van der Waals surface area (Å²) in [7, 11) is 3.29. The molecule has 1 atom stereocenters. The van der Waals surface area contributed by atoms with Crippen LogP contribution in [-0.2, 0) is 16.1 Å². The van der Waals surface area contributed by atoms with Crippen molar-refractivity contribution in [3.05, 3.63) is 29.6 Å². The Kier molecular flexibility index (Phi) is 6.14. The van der Waals surface area contributed by atoms with Crippen molar-refractivity contribution in [2.45, 2.75) is 32.2 Å². The van der Waals surface area contributed by atoms with Gasteiger partial charge in [0.2, 0.25) is 5.91 Å². The van der Waals surface area contributed by atoms with E-state index < -0.39 is 0 Å². The number of methoxy groups -OCH3 is 2. The van der Waals surface area contributed by atoms with E-state index >= 15 is 0 Å². The van der Waals surface area contributed by atoms with Crippen molar-refractivity contribution in [2.75, 3.05) is 47.0 Å². The highest BCUT2D eigenvalue weighted by molar-refractivity contribution is 5.77. The van der Waals surface area contributed by atoms with Gasteiger partial charge in [-0.1, -0.05) is 0 Å². The van der Waals surface area contributed by atoms with E-state index in [4.69, 9.17) is 9.47 Å². The van der Waals surface area contributed by atoms with Gasteiger partial charge >= 0.3 is 0 Å². The number of likely N-dealkylation sites (tertiary alicyclic amines) is 2. The number of rotatable bonds is 6. The van der Waals surface area contributed by atoms with Crippen LogP contribution in [0.15, 0.2) is 18.2 Å². The minimum atomic E-state index is -0.235. The maximum Gasteiger partial charge on any atom is 0.222 e. The van der Waals surface area contributed by atoms with E-state index in [0.717, 1.165) is 50.2 Å². The smallest absolute Gasteiger partial charge is 0.222 e. The van der Waals surface area contributed by atoms with Crippen molar-refractivity contribution in [1.29, 1.82) is 0 Å². The van der Waals surface area contributed by atoms with Crippen molar-refractivity contribution < 1.29 is 18.7 Å². The van der Waals surface area contributed by atoms with Gasteiger partial charge in [0.05, 0.1) is 13.7 Å². The molecule has 5 nitrogen and oxygen atoms in total. The summed E-state index contributed by atoms with van der Waals surface area (Å²) < 4.78 is 24.2. The zero-order valence-electron chi connectivity index (χ0n) is 15.8. The van der Waals surface area contributed by atoms with Crippen LogP contribution >= 0.6 is 0 Å². The third-order valence-corrected chi connectivity index (χ3v) is 5.69. The molecule has 3 rings (SSSR count). The van der Waals surface area contributed by atoms with Crippen molar-refractivity contribution in [2.24, 2.45) is 5.41 Å². The highest BCUT2D eigenvalue weighted by atomic mass is 19.1. The molecular formula is C20H29FN2O3.